The van der Waals surface area contributed by atoms with Crippen LogP contribution in [0.5, 0.6) is 23.0 Å². The molecule has 3 aromatic carbocycles. The first-order chi connectivity index (χ1) is 23.4. The van der Waals surface area contributed by atoms with Crippen molar-refractivity contribution in [3.8, 4) is 34.1 Å². The molecule has 2 saturated heterocycles. The number of aryl methyl sites for hydroxylation is 1. The maximum absolute atomic E-state index is 12.6. The number of hydrogen-bond acceptors (Lipinski definition) is 9. The van der Waals surface area contributed by atoms with Crippen LogP contribution in [0.1, 0.15) is 17.5 Å². The van der Waals surface area contributed by atoms with E-state index in [-0.39, 0.29) is 17.7 Å². The SMILES string of the molecule is COc1cc(CN2CCN(Cc3ccc4c(c3)c(-c3ccc(O)cc3OC)cn4CCCNC(=O)C3CNCCN3)CC2)cc(OC)c1. The van der Waals surface area contributed by atoms with Gasteiger partial charge in [0.15, 0.2) is 0 Å². The summed E-state index contributed by atoms with van der Waals surface area (Å²) in [6, 6.07) is 17.9. The van der Waals surface area contributed by atoms with Crippen molar-refractivity contribution in [2.75, 3.05) is 73.7 Å². The van der Waals surface area contributed by atoms with Gasteiger partial charge in [-0.05, 0) is 53.9 Å². The van der Waals surface area contributed by atoms with Crippen molar-refractivity contribution in [2.45, 2.75) is 32.1 Å². The summed E-state index contributed by atoms with van der Waals surface area (Å²) in [5, 5.41) is 20.9. The van der Waals surface area contributed by atoms with E-state index >= 15 is 0 Å². The Kier molecular flexibility index (Phi) is 11.0. The number of benzene rings is 3. The highest BCUT2D eigenvalue weighted by atomic mass is 16.5. The minimum atomic E-state index is -0.182. The monoisotopic (exact) mass is 656 g/mol. The van der Waals surface area contributed by atoms with Crippen LogP contribution >= 0.6 is 0 Å². The maximum Gasteiger partial charge on any atom is 0.238 e. The van der Waals surface area contributed by atoms with Crippen LogP contribution in [0.4, 0.5) is 0 Å². The second-order valence-electron chi connectivity index (χ2n) is 12.6. The van der Waals surface area contributed by atoms with Crippen molar-refractivity contribution in [1.29, 1.82) is 0 Å². The van der Waals surface area contributed by atoms with E-state index in [4.69, 9.17) is 14.2 Å². The van der Waals surface area contributed by atoms with E-state index in [1.165, 1.54) is 11.1 Å². The minimum Gasteiger partial charge on any atom is -0.508 e. The van der Waals surface area contributed by atoms with Crippen LogP contribution in [0.15, 0.2) is 60.8 Å². The van der Waals surface area contributed by atoms with E-state index in [2.05, 4.69) is 66.8 Å². The highest BCUT2D eigenvalue weighted by Crippen LogP contribution is 2.39. The number of amides is 1. The van der Waals surface area contributed by atoms with Gasteiger partial charge in [0.05, 0.1) is 27.4 Å². The number of hydrogen-bond donors (Lipinski definition) is 4. The van der Waals surface area contributed by atoms with Crippen LogP contribution in [0, 0.1) is 0 Å². The average Bonchev–Trinajstić information content (AvgIpc) is 3.48. The Balaban J connectivity index is 1.14. The average molecular weight is 657 g/mol. The van der Waals surface area contributed by atoms with Gasteiger partial charge < -0.3 is 39.8 Å². The van der Waals surface area contributed by atoms with Crippen molar-refractivity contribution < 1.29 is 24.1 Å². The number of nitrogens with zero attached hydrogens (tertiary/aromatic N) is 3. The van der Waals surface area contributed by atoms with Crippen molar-refractivity contribution in [1.82, 2.24) is 30.3 Å². The summed E-state index contributed by atoms with van der Waals surface area (Å²) >= 11 is 0. The fourth-order valence-corrected chi connectivity index (χ4v) is 6.75. The van der Waals surface area contributed by atoms with Crippen LogP contribution < -0.4 is 30.2 Å². The third-order valence-corrected chi connectivity index (χ3v) is 9.34. The van der Waals surface area contributed by atoms with Gasteiger partial charge in [-0.15, -0.1) is 0 Å². The number of methoxy groups -OCH3 is 3. The van der Waals surface area contributed by atoms with Crippen LogP contribution in [0.3, 0.4) is 0 Å². The van der Waals surface area contributed by atoms with E-state index in [1.807, 2.05) is 12.1 Å². The second-order valence-corrected chi connectivity index (χ2v) is 12.6. The van der Waals surface area contributed by atoms with Crippen molar-refractivity contribution >= 4 is 16.8 Å². The van der Waals surface area contributed by atoms with Crippen LogP contribution in [0.25, 0.3) is 22.0 Å². The molecule has 0 bridgehead atoms. The van der Waals surface area contributed by atoms with Crippen LogP contribution in [0.2, 0.25) is 0 Å². The number of carbonyl (C=O) groups excluding carboxylic acids is 1. The molecule has 0 saturated carbocycles. The van der Waals surface area contributed by atoms with Gasteiger partial charge in [0.25, 0.3) is 0 Å². The summed E-state index contributed by atoms with van der Waals surface area (Å²) in [6.07, 6.45) is 2.97. The van der Waals surface area contributed by atoms with Gasteiger partial charge in [0, 0.05) is 112 Å². The molecule has 6 rings (SSSR count). The third kappa shape index (κ3) is 8.04. The molecule has 1 atom stereocenters. The van der Waals surface area contributed by atoms with Gasteiger partial charge in [0.2, 0.25) is 5.91 Å². The van der Waals surface area contributed by atoms with Crippen molar-refractivity contribution in [3.05, 3.63) is 71.9 Å². The zero-order valence-electron chi connectivity index (χ0n) is 28.3. The number of rotatable bonds is 13. The molecule has 3 heterocycles. The molecule has 11 nitrogen and oxygen atoms in total. The smallest absolute Gasteiger partial charge is 0.238 e. The Morgan fingerprint density at radius 2 is 1.58 bits per heavy atom. The Labute approximate surface area is 282 Å². The molecular formula is C37H48N6O5. The molecule has 48 heavy (non-hydrogen) atoms. The lowest BCUT2D eigenvalue weighted by Gasteiger charge is -2.34. The molecule has 256 valence electrons. The molecule has 2 aliphatic heterocycles. The van der Waals surface area contributed by atoms with Gasteiger partial charge in [-0.1, -0.05) is 6.07 Å². The van der Waals surface area contributed by atoms with E-state index in [0.717, 1.165) is 98.9 Å². The Hall–Kier alpha value is -4.29. The Morgan fingerprint density at radius 1 is 0.854 bits per heavy atom. The largest absolute Gasteiger partial charge is 0.508 e. The quantitative estimate of drug-likeness (QED) is 0.161. The lowest BCUT2D eigenvalue weighted by Crippen LogP contribution is -2.55. The zero-order chi connectivity index (χ0) is 33.5. The molecule has 1 amide bonds. The molecule has 0 spiro atoms. The van der Waals surface area contributed by atoms with Gasteiger partial charge >= 0.3 is 0 Å². The number of aromatic hydroxyl groups is 1. The number of nitrogens with one attached hydrogen (secondary N) is 3. The lowest BCUT2D eigenvalue weighted by atomic mass is 10.0. The molecular weight excluding hydrogens is 608 g/mol. The van der Waals surface area contributed by atoms with Gasteiger partial charge in [-0.25, -0.2) is 0 Å². The molecule has 0 aliphatic carbocycles. The molecule has 1 aromatic heterocycles. The molecule has 11 heteroatoms. The highest BCUT2D eigenvalue weighted by molar-refractivity contribution is 5.98. The Bertz CT molecular complexity index is 1670. The van der Waals surface area contributed by atoms with E-state index < -0.39 is 0 Å². The normalized spacial score (nSPS) is 17.4. The topological polar surface area (TPSA) is 112 Å². The summed E-state index contributed by atoms with van der Waals surface area (Å²) in [5.41, 5.74) is 5.57. The number of phenols is 1. The third-order valence-electron chi connectivity index (χ3n) is 9.34. The molecule has 4 aromatic rings. The zero-order valence-corrected chi connectivity index (χ0v) is 28.3. The van der Waals surface area contributed by atoms with Crippen molar-refractivity contribution in [3.63, 3.8) is 0 Å². The maximum atomic E-state index is 12.6. The number of phenolic OH excluding ortho intramolecular Hbond substituents is 1. The predicted molar refractivity (Wildman–Crippen MR) is 188 cm³/mol. The summed E-state index contributed by atoms with van der Waals surface area (Å²) < 4.78 is 18.9. The number of carbonyl (C=O) groups is 1. The first kappa shape index (κ1) is 33.6. The summed E-state index contributed by atoms with van der Waals surface area (Å²) in [4.78, 5) is 17.6. The Morgan fingerprint density at radius 3 is 2.25 bits per heavy atom. The van der Waals surface area contributed by atoms with E-state index in [1.54, 1.807) is 33.5 Å². The summed E-state index contributed by atoms with van der Waals surface area (Å²) in [6.45, 7) is 9.36. The number of piperazine rings is 2. The van der Waals surface area contributed by atoms with Crippen molar-refractivity contribution in [2.24, 2.45) is 0 Å². The molecule has 1 unspecified atom stereocenters. The first-order valence-electron chi connectivity index (χ1n) is 16.8. The summed E-state index contributed by atoms with van der Waals surface area (Å²) in [7, 11) is 5.00. The standard InChI is InChI=1S/C37H48N6O5/c1-46-29-17-27(18-30(21-29)47-2)24-42-15-13-41(14-16-42)23-26-5-8-35-32(19-26)33(31-7-6-28(44)20-36(31)48-3)25-43(35)12-4-9-40-37(45)34-22-38-10-11-39-34/h5-8,17-21,25,34,38-39,44H,4,9-16,22-24H2,1-3H3,(H,40,45). The first-order valence-corrected chi connectivity index (χ1v) is 16.8. The highest BCUT2D eigenvalue weighted by Gasteiger charge is 2.21. The fourth-order valence-electron chi connectivity index (χ4n) is 6.75. The summed E-state index contributed by atoms with van der Waals surface area (Å²) in [5.74, 6) is 2.47. The lowest BCUT2D eigenvalue weighted by molar-refractivity contribution is -0.123. The molecule has 4 N–H and O–H groups in total. The predicted octanol–water partition coefficient (Wildman–Crippen LogP) is 3.43. The number of ether oxygens (including phenoxy) is 3. The van der Waals surface area contributed by atoms with E-state index in [9.17, 15) is 9.90 Å². The molecule has 2 aliphatic rings. The number of aromatic nitrogens is 1. The van der Waals surface area contributed by atoms with Crippen LogP contribution in [-0.4, -0.2) is 105 Å². The molecule has 0 radical (unpaired) electrons. The van der Waals surface area contributed by atoms with E-state index in [0.29, 0.717) is 18.8 Å². The second kappa shape index (κ2) is 15.7. The van der Waals surface area contributed by atoms with Gasteiger partial charge in [-0.3, -0.25) is 14.6 Å². The van der Waals surface area contributed by atoms with Crippen LogP contribution in [-0.2, 0) is 24.4 Å². The number of fused-ring (bicyclic) bond motifs is 1. The van der Waals surface area contributed by atoms with Gasteiger partial charge in [0.1, 0.15) is 23.0 Å². The molecule has 2 fully saturated rings. The minimum absolute atomic E-state index is 0.0417. The van der Waals surface area contributed by atoms with Gasteiger partial charge in [-0.2, -0.15) is 0 Å². The fraction of sp³-hybridized carbons (Fsp3) is 0.432.